The van der Waals surface area contributed by atoms with E-state index in [2.05, 4.69) is 41.5 Å². The summed E-state index contributed by atoms with van der Waals surface area (Å²) in [6.07, 6.45) is 1.05. The second kappa shape index (κ2) is 8.25. The molecular weight excluding hydrogens is 312 g/mol. The smallest absolute Gasteiger partial charge is 0.313 e. The van der Waals surface area contributed by atoms with Crippen molar-refractivity contribution in [1.82, 2.24) is 0 Å². The molecule has 0 spiro atoms. The summed E-state index contributed by atoms with van der Waals surface area (Å²) in [6.45, 7) is 18.9. The van der Waals surface area contributed by atoms with Crippen molar-refractivity contribution >= 4 is 5.97 Å². The van der Waals surface area contributed by atoms with Crippen LogP contribution < -0.4 is 0 Å². The lowest BCUT2D eigenvalue weighted by Crippen LogP contribution is -2.20. The van der Waals surface area contributed by atoms with Crippen LogP contribution in [0.15, 0.2) is 6.07 Å². The van der Waals surface area contributed by atoms with Crippen LogP contribution in [0, 0.1) is 25.7 Å². The highest BCUT2D eigenvalue weighted by molar-refractivity contribution is 5.79. The Labute approximate surface area is 153 Å². The molecule has 0 radical (unpaired) electrons. The van der Waals surface area contributed by atoms with Gasteiger partial charge in [-0.1, -0.05) is 47.6 Å². The Morgan fingerprint density at radius 3 is 2.16 bits per heavy atom. The molecule has 0 saturated carbocycles. The van der Waals surface area contributed by atoms with Gasteiger partial charge in [-0.05, 0) is 66.7 Å². The average Bonchev–Trinajstić information content (AvgIpc) is 2.48. The monoisotopic (exact) mass is 348 g/mol. The van der Waals surface area contributed by atoms with Gasteiger partial charge in [0.2, 0.25) is 0 Å². The largest absolute Gasteiger partial charge is 0.507 e. The first-order valence-electron chi connectivity index (χ1n) is 9.36. The van der Waals surface area contributed by atoms with Crippen LogP contribution in [0.1, 0.15) is 83.1 Å². The van der Waals surface area contributed by atoms with E-state index in [0.29, 0.717) is 24.2 Å². The minimum atomic E-state index is -0.341. The van der Waals surface area contributed by atoms with Crippen molar-refractivity contribution < 1.29 is 14.6 Å². The van der Waals surface area contributed by atoms with Crippen LogP contribution in [-0.4, -0.2) is 17.7 Å². The molecule has 3 heteroatoms. The Morgan fingerprint density at radius 1 is 1.12 bits per heavy atom. The first kappa shape index (κ1) is 21.5. The summed E-state index contributed by atoms with van der Waals surface area (Å²) in [5.74, 6) is 0.765. The van der Waals surface area contributed by atoms with Crippen LogP contribution in [0.25, 0.3) is 0 Å². The Kier molecular flexibility index (Phi) is 7.10. The first-order chi connectivity index (χ1) is 11.4. The molecular formula is C22H36O3. The van der Waals surface area contributed by atoms with E-state index >= 15 is 0 Å². The standard InChI is InChI=1S/C22H36O3/c1-13(2)10-14(3)12-25-21(24)17(6)18-11-19(22(7,8)9)20(23)16(5)15(18)4/h11,13-14,17,23H,10,12H2,1-9H3. The van der Waals surface area contributed by atoms with Gasteiger partial charge in [0.25, 0.3) is 0 Å². The van der Waals surface area contributed by atoms with E-state index in [1.54, 1.807) is 0 Å². The minimum absolute atomic E-state index is 0.188. The molecule has 0 heterocycles. The lowest BCUT2D eigenvalue weighted by molar-refractivity contribution is -0.146. The quantitative estimate of drug-likeness (QED) is 0.677. The molecule has 142 valence electrons. The number of carbonyl (C=O) groups excluding carboxylic acids is 1. The number of aromatic hydroxyl groups is 1. The summed E-state index contributed by atoms with van der Waals surface area (Å²) in [6, 6.07) is 1.97. The molecule has 0 bridgehead atoms. The molecule has 25 heavy (non-hydrogen) atoms. The summed E-state index contributed by atoms with van der Waals surface area (Å²) >= 11 is 0. The van der Waals surface area contributed by atoms with Gasteiger partial charge in [0, 0.05) is 0 Å². The molecule has 1 aromatic rings. The fourth-order valence-electron chi connectivity index (χ4n) is 3.30. The summed E-state index contributed by atoms with van der Waals surface area (Å²) in [7, 11) is 0. The van der Waals surface area contributed by atoms with Gasteiger partial charge in [0.1, 0.15) is 5.75 Å². The second-order valence-electron chi connectivity index (χ2n) is 8.95. The highest BCUT2D eigenvalue weighted by Gasteiger charge is 2.26. The molecule has 1 aromatic carbocycles. The van der Waals surface area contributed by atoms with Gasteiger partial charge in [-0.3, -0.25) is 4.79 Å². The summed E-state index contributed by atoms with van der Waals surface area (Å²) < 4.78 is 5.57. The molecule has 0 fully saturated rings. The van der Waals surface area contributed by atoms with Crippen molar-refractivity contribution in [3.8, 4) is 5.75 Å². The van der Waals surface area contributed by atoms with Gasteiger partial charge in [-0.2, -0.15) is 0 Å². The number of benzene rings is 1. The second-order valence-corrected chi connectivity index (χ2v) is 8.95. The van der Waals surface area contributed by atoms with Gasteiger partial charge in [0.05, 0.1) is 12.5 Å². The number of ether oxygens (including phenoxy) is 1. The number of phenolic OH excluding ortho intramolecular Hbond substituents is 1. The van der Waals surface area contributed by atoms with Crippen molar-refractivity contribution in [1.29, 1.82) is 0 Å². The highest BCUT2D eigenvalue weighted by atomic mass is 16.5. The van der Waals surface area contributed by atoms with Crippen LogP contribution >= 0.6 is 0 Å². The third-order valence-corrected chi connectivity index (χ3v) is 4.92. The molecule has 0 aromatic heterocycles. The number of phenols is 1. The lowest BCUT2D eigenvalue weighted by atomic mass is 9.80. The van der Waals surface area contributed by atoms with E-state index in [9.17, 15) is 9.90 Å². The molecule has 0 aliphatic rings. The van der Waals surface area contributed by atoms with Crippen LogP contribution in [-0.2, 0) is 14.9 Å². The normalized spacial score (nSPS) is 14.5. The zero-order valence-electron chi connectivity index (χ0n) is 17.5. The maximum Gasteiger partial charge on any atom is 0.313 e. The van der Waals surface area contributed by atoms with Crippen molar-refractivity contribution in [3.05, 3.63) is 28.3 Å². The van der Waals surface area contributed by atoms with Gasteiger partial charge < -0.3 is 9.84 Å². The minimum Gasteiger partial charge on any atom is -0.507 e. The predicted molar refractivity (Wildman–Crippen MR) is 104 cm³/mol. The predicted octanol–water partition coefficient (Wildman–Crippen LogP) is 5.64. The summed E-state index contributed by atoms with van der Waals surface area (Å²) in [5.41, 5.74) is 3.44. The van der Waals surface area contributed by atoms with Gasteiger partial charge in [0.15, 0.2) is 0 Å². The molecule has 0 aliphatic heterocycles. The van der Waals surface area contributed by atoms with E-state index < -0.39 is 0 Å². The van der Waals surface area contributed by atoms with Gasteiger partial charge >= 0.3 is 5.97 Å². The van der Waals surface area contributed by atoms with E-state index in [0.717, 1.165) is 28.7 Å². The van der Waals surface area contributed by atoms with Crippen molar-refractivity contribution in [2.24, 2.45) is 11.8 Å². The van der Waals surface area contributed by atoms with E-state index in [1.165, 1.54) is 0 Å². The lowest BCUT2D eigenvalue weighted by Gasteiger charge is -2.26. The summed E-state index contributed by atoms with van der Waals surface area (Å²) in [4.78, 5) is 12.6. The zero-order chi connectivity index (χ0) is 19.5. The van der Waals surface area contributed by atoms with Gasteiger partial charge in [-0.25, -0.2) is 0 Å². The first-order valence-corrected chi connectivity index (χ1v) is 9.36. The number of hydrogen-bond donors (Lipinski definition) is 1. The van der Waals surface area contributed by atoms with Crippen LogP contribution in [0.4, 0.5) is 0 Å². The highest BCUT2D eigenvalue weighted by Crippen LogP contribution is 2.38. The van der Waals surface area contributed by atoms with Crippen molar-refractivity contribution in [2.75, 3.05) is 6.61 Å². The van der Waals surface area contributed by atoms with Crippen LogP contribution in [0.5, 0.6) is 5.75 Å². The number of esters is 1. The Hall–Kier alpha value is -1.51. The maximum atomic E-state index is 12.6. The maximum absolute atomic E-state index is 12.6. The number of carbonyl (C=O) groups is 1. The molecule has 0 saturated heterocycles. The Bertz CT molecular complexity index is 609. The van der Waals surface area contributed by atoms with Crippen molar-refractivity contribution in [3.63, 3.8) is 0 Å². The average molecular weight is 349 g/mol. The number of rotatable bonds is 6. The Morgan fingerprint density at radius 2 is 1.68 bits per heavy atom. The molecule has 3 nitrogen and oxygen atoms in total. The Balaban J connectivity index is 3.03. The third kappa shape index (κ3) is 5.49. The van der Waals surface area contributed by atoms with E-state index in [1.807, 2.05) is 26.8 Å². The molecule has 0 amide bonds. The number of hydrogen-bond acceptors (Lipinski definition) is 3. The molecule has 1 N–H and O–H groups in total. The topological polar surface area (TPSA) is 46.5 Å². The summed E-state index contributed by atoms with van der Waals surface area (Å²) in [5, 5.41) is 10.5. The fraction of sp³-hybridized carbons (Fsp3) is 0.682. The van der Waals surface area contributed by atoms with E-state index in [-0.39, 0.29) is 17.3 Å². The SMILES string of the molecule is Cc1c(C(C)C(=O)OCC(C)CC(C)C)cc(C(C)(C)C)c(O)c1C. The van der Waals surface area contributed by atoms with Crippen molar-refractivity contribution in [2.45, 2.75) is 80.1 Å². The third-order valence-electron chi connectivity index (χ3n) is 4.92. The molecule has 2 unspecified atom stereocenters. The molecule has 0 aliphatic carbocycles. The van der Waals surface area contributed by atoms with Crippen LogP contribution in [0.3, 0.4) is 0 Å². The van der Waals surface area contributed by atoms with Gasteiger partial charge in [-0.15, -0.1) is 0 Å². The van der Waals surface area contributed by atoms with Crippen LogP contribution in [0.2, 0.25) is 0 Å². The molecule has 1 rings (SSSR count). The fourth-order valence-corrected chi connectivity index (χ4v) is 3.30. The molecule has 2 atom stereocenters. The zero-order valence-corrected chi connectivity index (χ0v) is 17.5. The van der Waals surface area contributed by atoms with E-state index in [4.69, 9.17) is 4.74 Å².